The number of hydrogen-bond donors (Lipinski definition) is 1. The van der Waals surface area contributed by atoms with Gasteiger partial charge in [-0.05, 0) is 72.0 Å². The average molecular weight is 449 g/mol. The van der Waals surface area contributed by atoms with Crippen LogP contribution in [0.15, 0.2) is 48.9 Å². The third-order valence-electron chi connectivity index (χ3n) is 5.74. The minimum Gasteiger partial charge on any atom is -0.487 e. The van der Waals surface area contributed by atoms with Crippen LogP contribution in [-0.2, 0) is 0 Å². The first-order valence-corrected chi connectivity index (χ1v) is 10.7. The Kier molecular flexibility index (Phi) is 5.64. The third kappa shape index (κ3) is 4.11. The summed E-state index contributed by atoms with van der Waals surface area (Å²) >= 11 is 0. The lowest BCUT2D eigenvalue weighted by Gasteiger charge is -2.23. The van der Waals surface area contributed by atoms with Gasteiger partial charge in [-0.15, -0.1) is 5.10 Å². The Morgan fingerprint density at radius 1 is 0.970 bits per heavy atom. The fourth-order valence-corrected chi connectivity index (χ4v) is 4.01. The summed E-state index contributed by atoms with van der Waals surface area (Å²) in [6.45, 7) is 0. The molecule has 33 heavy (non-hydrogen) atoms. The molecular formula is C23H21F2N7O. The number of hydrogen-bond acceptors (Lipinski definition) is 7. The number of aromatic nitrogens is 6. The standard InChI is InChI=1S/C23H21F2N7O/c24-20-18(6-7-19(21(20)25)33-16-4-2-1-3-5-16)32-23(29-30-31-32)17-12-15(13-28-22(17)26)14-8-10-27-11-9-14/h6-13,16H,1-5H2,(H2,26,28). The molecule has 0 unspecified atom stereocenters. The SMILES string of the molecule is Nc1ncc(-c2ccncc2)cc1-c1nnnn1-c1ccc(OC2CCCCC2)c(F)c1F. The van der Waals surface area contributed by atoms with E-state index in [9.17, 15) is 4.39 Å². The molecule has 4 aromatic rings. The quantitative estimate of drug-likeness (QED) is 0.483. The van der Waals surface area contributed by atoms with Crippen molar-refractivity contribution in [3.05, 3.63) is 60.6 Å². The number of ether oxygens (including phenoxy) is 1. The van der Waals surface area contributed by atoms with Gasteiger partial charge in [-0.3, -0.25) is 4.98 Å². The van der Waals surface area contributed by atoms with Gasteiger partial charge in [0.1, 0.15) is 11.5 Å². The largest absolute Gasteiger partial charge is 0.487 e. The molecule has 1 aliphatic rings. The molecule has 5 rings (SSSR count). The Morgan fingerprint density at radius 3 is 2.55 bits per heavy atom. The molecular weight excluding hydrogens is 428 g/mol. The normalized spacial score (nSPS) is 14.4. The average Bonchev–Trinajstić information content (AvgIpc) is 3.33. The van der Waals surface area contributed by atoms with Crippen molar-refractivity contribution < 1.29 is 13.5 Å². The molecule has 168 valence electrons. The number of pyridine rings is 2. The summed E-state index contributed by atoms with van der Waals surface area (Å²) in [5, 5.41) is 11.5. The lowest BCUT2D eigenvalue weighted by atomic mass is 9.98. The Balaban J connectivity index is 1.51. The molecule has 0 amide bonds. The first-order valence-electron chi connectivity index (χ1n) is 10.7. The number of nitrogens with two attached hydrogens (primary N) is 1. The highest BCUT2D eigenvalue weighted by Crippen LogP contribution is 2.32. The van der Waals surface area contributed by atoms with E-state index in [1.54, 1.807) is 24.7 Å². The molecule has 0 saturated heterocycles. The zero-order valence-corrected chi connectivity index (χ0v) is 17.7. The highest BCUT2D eigenvalue weighted by molar-refractivity contribution is 5.76. The number of anilines is 1. The second-order valence-electron chi connectivity index (χ2n) is 7.90. The molecule has 8 nitrogen and oxygen atoms in total. The Bertz CT molecular complexity index is 1270. The molecule has 0 atom stereocenters. The van der Waals surface area contributed by atoms with E-state index in [1.165, 1.54) is 12.1 Å². The van der Waals surface area contributed by atoms with E-state index >= 15 is 4.39 Å². The van der Waals surface area contributed by atoms with Gasteiger partial charge >= 0.3 is 0 Å². The monoisotopic (exact) mass is 449 g/mol. The molecule has 0 bridgehead atoms. The number of tetrazole rings is 1. The third-order valence-corrected chi connectivity index (χ3v) is 5.74. The number of benzene rings is 1. The van der Waals surface area contributed by atoms with Gasteiger partial charge in [-0.2, -0.15) is 9.07 Å². The van der Waals surface area contributed by atoms with E-state index in [4.69, 9.17) is 10.5 Å². The predicted molar refractivity (Wildman–Crippen MR) is 117 cm³/mol. The minimum atomic E-state index is -1.10. The summed E-state index contributed by atoms with van der Waals surface area (Å²) in [4.78, 5) is 8.23. The number of rotatable bonds is 5. The van der Waals surface area contributed by atoms with Gasteiger partial charge in [-0.25, -0.2) is 9.37 Å². The molecule has 0 radical (unpaired) electrons. The summed E-state index contributed by atoms with van der Waals surface area (Å²) in [7, 11) is 0. The van der Waals surface area contributed by atoms with Crippen LogP contribution >= 0.6 is 0 Å². The first-order chi connectivity index (χ1) is 16.1. The van der Waals surface area contributed by atoms with Crippen molar-refractivity contribution in [1.82, 2.24) is 30.2 Å². The van der Waals surface area contributed by atoms with Crippen LogP contribution in [0, 0.1) is 11.6 Å². The van der Waals surface area contributed by atoms with Crippen molar-refractivity contribution in [1.29, 1.82) is 0 Å². The van der Waals surface area contributed by atoms with E-state index < -0.39 is 11.6 Å². The second kappa shape index (κ2) is 8.89. The fraction of sp³-hybridized carbons (Fsp3) is 0.261. The maximum atomic E-state index is 15.1. The van der Waals surface area contributed by atoms with E-state index in [0.29, 0.717) is 5.56 Å². The van der Waals surface area contributed by atoms with Gasteiger partial charge in [-0.1, -0.05) is 6.42 Å². The van der Waals surface area contributed by atoms with E-state index in [2.05, 4.69) is 25.5 Å². The molecule has 10 heteroatoms. The van der Waals surface area contributed by atoms with Crippen LogP contribution in [-0.4, -0.2) is 36.3 Å². The van der Waals surface area contributed by atoms with Crippen LogP contribution in [0.3, 0.4) is 0 Å². The summed E-state index contributed by atoms with van der Waals surface area (Å²) in [5.74, 6) is -2.00. The van der Waals surface area contributed by atoms with Gasteiger partial charge in [0.15, 0.2) is 17.4 Å². The van der Waals surface area contributed by atoms with Crippen LogP contribution in [0.25, 0.3) is 28.2 Å². The summed E-state index contributed by atoms with van der Waals surface area (Å²) in [6.07, 6.45) is 9.67. The fourth-order valence-electron chi connectivity index (χ4n) is 4.01. The Labute approximate surface area is 188 Å². The van der Waals surface area contributed by atoms with Crippen molar-refractivity contribution in [2.45, 2.75) is 38.2 Å². The van der Waals surface area contributed by atoms with E-state index in [-0.39, 0.29) is 29.2 Å². The zero-order valence-electron chi connectivity index (χ0n) is 17.7. The molecule has 3 heterocycles. The van der Waals surface area contributed by atoms with Crippen molar-refractivity contribution >= 4 is 5.82 Å². The molecule has 1 aromatic carbocycles. The van der Waals surface area contributed by atoms with Gasteiger partial charge in [0, 0.05) is 24.2 Å². The lowest BCUT2D eigenvalue weighted by molar-refractivity contribution is 0.147. The molecule has 1 aliphatic carbocycles. The highest BCUT2D eigenvalue weighted by atomic mass is 19.2. The minimum absolute atomic E-state index is 0.108. The summed E-state index contributed by atoms with van der Waals surface area (Å²) < 4.78 is 36.8. The smallest absolute Gasteiger partial charge is 0.202 e. The number of nitrogen functional groups attached to an aromatic ring is 1. The van der Waals surface area contributed by atoms with Crippen LogP contribution in [0.5, 0.6) is 5.75 Å². The molecule has 1 saturated carbocycles. The Hall–Kier alpha value is -3.95. The first kappa shape index (κ1) is 20.9. The maximum absolute atomic E-state index is 15.1. The van der Waals surface area contributed by atoms with E-state index in [1.807, 2.05) is 12.1 Å². The second-order valence-corrected chi connectivity index (χ2v) is 7.90. The molecule has 0 spiro atoms. The number of halogens is 2. The summed E-state index contributed by atoms with van der Waals surface area (Å²) in [5.41, 5.74) is 7.92. The number of nitrogens with zero attached hydrogens (tertiary/aromatic N) is 6. The van der Waals surface area contributed by atoms with Crippen LogP contribution < -0.4 is 10.5 Å². The van der Waals surface area contributed by atoms with Gasteiger partial charge in [0.2, 0.25) is 5.82 Å². The van der Waals surface area contributed by atoms with Gasteiger partial charge in [0.05, 0.1) is 11.7 Å². The molecule has 2 N–H and O–H groups in total. The van der Waals surface area contributed by atoms with Crippen molar-refractivity contribution in [3.63, 3.8) is 0 Å². The maximum Gasteiger partial charge on any atom is 0.202 e. The predicted octanol–water partition coefficient (Wildman–Crippen LogP) is 4.36. The van der Waals surface area contributed by atoms with Gasteiger partial charge < -0.3 is 10.5 Å². The topological polar surface area (TPSA) is 105 Å². The van der Waals surface area contributed by atoms with Gasteiger partial charge in [0.25, 0.3) is 0 Å². The Morgan fingerprint density at radius 2 is 1.76 bits per heavy atom. The van der Waals surface area contributed by atoms with E-state index in [0.717, 1.165) is 47.9 Å². The summed E-state index contributed by atoms with van der Waals surface area (Å²) in [6, 6.07) is 8.18. The zero-order chi connectivity index (χ0) is 22.8. The van der Waals surface area contributed by atoms with Crippen LogP contribution in [0.4, 0.5) is 14.6 Å². The van der Waals surface area contributed by atoms with Crippen LogP contribution in [0.1, 0.15) is 32.1 Å². The molecule has 1 fully saturated rings. The highest BCUT2D eigenvalue weighted by Gasteiger charge is 2.24. The molecule has 3 aromatic heterocycles. The lowest BCUT2D eigenvalue weighted by Crippen LogP contribution is -2.20. The van der Waals surface area contributed by atoms with Crippen molar-refractivity contribution in [2.24, 2.45) is 0 Å². The van der Waals surface area contributed by atoms with Crippen molar-refractivity contribution in [3.8, 4) is 34.0 Å². The van der Waals surface area contributed by atoms with Crippen LogP contribution in [0.2, 0.25) is 0 Å². The van der Waals surface area contributed by atoms with Crippen molar-refractivity contribution in [2.75, 3.05) is 5.73 Å². The molecule has 0 aliphatic heterocycles.